The number of amides is 1. The van der Waals surface area contributed by atoms with E-state index < -0.39 is 23.6 Å². The zero-order chi connectivity index (χ0) is 18.4. The van der Waals surface area contributed by atoms with E-state index in [0.717, 1.165) is 28.6 Å². The third-order valence-electron chi connectivity index (χ3n) is 2.92. The lowest BCUT2D eigenvalue weighted by atomic mass is 10.2. The van der Waals surface area contributed by atoms with Gasteiger partial charge in [-0.3, -0.25) is 9.59 Å². The normalized spacial score (nSPS) is 11.3. The Morgan fingerprint density at radius 2 is 2.08 bits per heavy atom. The number of aliphatic carboxylic acids is 1. The van der Waals surface area contributed by atoms with Crippen molar-refractivity contribution in [1.29, 1.82) is 0 Å². The number of aromatic nitrogens is 3. The molecule has 0 bridgehead atoms. The average Bonchev–Trinajstić information content (AvgIpc) is 3.03. The molecular formula is C14H13F3N4O3S. The van der Waals surface area contributed by atoms with Crippen LogP contribution in [-0.4, -0.2) is 50.0 Å². The minimum absolute atomic E-state index is 0.0550. The summed E-state index contributed by atoms with van der Waals surface area (Å²) in [6.45, 7) is 0.229. The molecule has 1 aromatic carbocycles. The van der Waals surface area contributed by atoms with Crippen LogP contribution in [0.5, 0.6) is 0 Å². The average molecular weight is 374 g/mol. The third kappa shape index (κ3) is 5.48. The van der Waals surface area contributed by atoms with E-state index in [0.29, 0.717) is 5.75 Å². The number of benzene rings is 1. The number of alkyl halides is 3. The van der Waals surface area contributed by atoms with Crippen molar-refractivity contribution in [2.24, 2.45) is 0 Å². The molecular weight excluding hydrogens is 361 g/mol. The minimum atomic E-state index is -4.48. The fourth-order valence-electron chi connectivity index (χ4n) is 1.81. The molecule has 25 heavy (non-hydrogen) atoms. The first-order valence-corrected chi connectivity index (χ1v) is 8.10. The van der Waals surface area contributed by atoms with Gasteiger partial charge in [-0.25, -0.2) is 4.68 Å². The molecule has 0 fully saturated rings. The van der Waals surface area contributed by atoms with Crippen molar-refractivity contribution in [3.8, 4) is 5.69 Å². The van der Waals surface area contributed by atoms with E-state index in [1.807, 2.05) is 0 Å². The molecule has 134 valence electrons. The van der Waals surface area contributed by atoms with Gasteiger partial charge in [0.2, 0.25) is 0 Å². The molecule has 0 aliphatic heterocycles. The Morgan fingerprint density at radius 1 is 1.32 bits per heavy atom. The van der Waals surface area contributed by atoms with Crippen LogP contribution in [0, 0.1) is 0 Å². The summed E-state index contributed by atoms with van der Waals surface area (Å²) in [5, 5.41) is 18.3. The molecule has 0 spiro atoms. The summed E-state index contributed by atoms with van der Waals surface area (Å²) in [5.41, 5.74) is -0.763. The largest absolute Gasteiger partial charge is 0.481 e. The first kappa shape index (κ1) is 18.8. The molecule has 2 aromatic rings. The highest BCUT2D eigenvalue weighted by Gasteiger charge is 2.30. The Labute approximate surface area is 144 Å². The highest BCUT2D eigenvalue weighted by molar-refractivity contribution is 7.99. The van der Waals surface area contributed by atoms with E-state index >= 15 is 0 Å². The third-order valence-corrected chi connectivity index (χ3v) is 3.87. The van der Waals surface area contributed by atoms with Crippen LogP contribution in [0.2, 0.25) is 0 Å². The van der Waals surface area contributed by atoms with Crippen molar-refractivity contribution in [1.82, 2.24) is 20.3 Å². The predicted octanol–water partition coefficient (Wildman–Crippen LogP) is 1.83. The summed E-state index contributed by atoms with van der Waals surface area (Å²) in [6, 6.07) is 4.48. The number of hydrogen-bond acceptors (Lipinski definition) is 5. The number of nitrogens with zero attached hydrogens (tertiary/aromatic N) is 3. The Kier molecular flexibility index (Phi) is 6.02. The number of rotatable bonds is 7. The van der Waals surface area contributed by atoms with Crippen molar-refractivity contribution in [2.45, 2.75) is 6.18 Å². The maximum atomic E-state index is 12.7. The second-order valence-electron chi connectivity index (χ2n) is 4.80. The van der Waals surface area contributed by atoms with Crippen LogP contribution in [0.1, 0.15) is 16.1 Å². The molecule has 7 nitrogen and oxygen atoms in total. The van der Waals surface area contributed by atoms with Gasteiger partial charge >= 0.3 is 12.1 Å². The van der Waals surface area contributed by atoms with Crippen molar-refractivity contribution in [3.63, 3.8) is 0 Å². The number of hydrogen-bond donors (Lipinski definition) is 2. The molecule has 0 radical (unpaired) electrons. The lowest BCUT2D eigenvalue weighted by Gasteiger charge is -2.08. The Hall–Kier alpha value is -2.56. The molecule has 0 aliphatic rings. The van der Waals surface area contributed by atoms with Crippen molar-refractivity contribution >= 4 is 23.6 Å². The topological polar surface area (TPSA) is 97.1 Å². The van der Waals surface area contributed by atoms with E-state index in [2.05, 4.69) is 15.6 Å². The molecule has 2 N–H and O–H groups in total. The van der Waals surface area contributed by atoms with Crippen LogP contribution in [0.3, 0.4) is 0 Å². The summed E-state index contributed by atoms with van der Waals surface area (Å²) in [5.74, 6) is -1.16. The van der Waals surface area contributed by atoms with Gasteiger partial charge < -0.3 is 10.4 Å². The van der Waals surface area contributed by atoms with Crippen LogP contribution in [0.15, 0.2) is 30.5 Å². The fraction of sp³-hybridized carbons (Fsp3) is 0.286. The lowest BCUT2D eigenvalue weighted by Crippen LogP contribution is -2.26. The lowest BCUT2D eigenvalue weighted by molar-refractivity contribution is -0.137. The number of carbonyl (C=O) groups excluding carboxylic acids is 1. The SMILES string of the molecule is O=C(O)CSCCNC(=O)c1cn(-c2cccc(C(F)(F)F)c2)nn1. The van der Waals surface area contributed by atoms with E-state index in [-0.39, 0.29) is 23.7 Å². The standard InChI is InChI=1S/C14H13F3N4O3S/c15-14(16,17)9-2-1-3-10(6-9)21-7-11(19-20-21)13(24)18-4-5-25-8-12(22)23/h1-3,6-7H,4-5,8H2,(H,18,24)(H,22,23). The molecule has 1 aromatic heterocycles. The molecule has 1 amide bonds. The Bertz CT molecular complexity index is 764. The predicted molar refractivity (Wildman–Crippen MR) is 83.7 cm³/mol. The summed E-state index contributed by atoms with van der Waals surface area (Å²) < 4.78 is 39.2. The first-order valence-electron chi connectivity index (χ1n) is 6.95. The molecule has 1 heterocycles. The van der Waals surface area contributed by atoms with Crippen LogP contribution in [-0.2, 0) is 11.0 Å². The molecule has 0 saturated carbocycles. The van der Waals surface area contributed by atoms with Gasteiger partial charge in [-0.05, 0) is 18.2 Å². The van der Waals surface area contributed by atoms with E-state index in [1.54, 1.807) is 0 Å². The smallest absolute Gasteiger partial charge is 0.416 e. The van der Waals surface area contributed by atoms with Gasteiger partial charge in [-0.1, -0.05) is 11.3 Å². The number of thioether (sulfide) groups is 1. The monoisotopic (exact) mass is 374 g/mol. The minimum Gasteiger partial charge on any atom is -0.481 e. The van der Waals surface area contributed by atoms with E-state index in [9.17, 15) is 22.8 Å². The number of carboxylic acids is 1. The van der Waals surface area contributed by atoms with Gasteiger partial charge in [0.25, 0.3) is 5.91 Å². The van der Waals surface area contributed by atoms with Crippen LogP contribution < -0.4 is 5.32 Å². The Balaban J connectivity index is 1.98. The zero-order valence-corrected chi connectivity index (χ0v) is 13.5. The number of carbonyl (C=O) groups is 2. The van der Waals surface area contributed by atoms with Gasteiger partial charge in [0, 0.05) is 12.3 Å². The summed E-state index contributed by atoms with van der Waals surface area (Å²) in [4.78, 5) is 22.2. The number of nitrogens with one attached hydrogen (secondary N) is 1. The van der Waals surface area contributed by atoms with Crippen LogP contribution >= 0.6 is 11.8 Å². The Morgan fingerprint density at radius 3 is 2.76 bits per heavy atom. The van der Waals surface area contributed by atoms with Gasteiger partial charge in [0.05, 0.1) is 23.2 Å². The maximum Gasteiger partial charge on any atom is 0.416 e. The van der Waals surface area contributed by atoms with E-state index in [4.69, 9.17) is 5.11 Å². The molecule has 0 unspecified atom stereocenters. The molecule has 0 saturated heterocycles. The van der Waals surface area contributed by atoms with E-state index in [1.165, 1.54) is 18.3 Å². The second-order valence-corrected chi connectivity index (χ2v) is 5.90. The van der Waals surface area contributed by atoms with Gasteiger partial charge in [-0.15, -0.1) is 16.9 Å². The van der Waals surface area contributed by atoms with Crippen molar-refractivity contribution in [2.75, 3.05) is 18.1 Å². The summed E-state index contributed by atoms with van der Waals surface area (Å²) in [7, 11) is 0. The van der Waals surface area contributed by atoms with Crippen molar-refractivity contribution < 1.29 is 27.9 Å². The zero-order valence-electron chi connectivity index (χ0n) is 12.7. The number of carboxylic acid groups (broad SMARTS) is 1. The molecule has 11 heteroatoms. The summed E-state index contributed by atoms with van der Waals surface area (Å²) >= 11 is 1.14. The van der Waals surface area contributed by atoms with Crippen LogP contribution in [0.25, 0.3) is 5.69 Å². The highest BCUT2D eigenvalue weighted by Crippen LogP contribution is 2.30. The summed E-state index contributed by atoms with van der Waals surface area (Å²) in [6.07, 6.45) is -3.26. The first-order chi connectivity index (χ1) is 11.8. The number of halogens is 3. The molecule has 2 rings (SSSR count). The quantitative estimate of drug-likeness (QED) is 0.718. The van der Waals surface area contributed by atoms with Gasteiger partial charge in [-0.2, -0.15) is 13.2 Å². The second kappa shape index (κ2) is 8.01. The highest BCUT2D eigenvalue weighted by atomic mass is 32.2. The van der Waals surface area contributed by atoms with Gasteiger partial charge in [0.1, 0.15) is 0 Å². The van der Waals surface area contributed by atoms with Crippen molar-refractivity contribution in [3.05, 3.63) is 41.7 Å². The van der Waals surface area contributed by atoms with Gasteiger partial charge in [0.15, 0.2) is 5.69 Å². The fourth-order valence-corrected chi connectivity index (χ4v) is 2.37. The van der Waals surface area contributed by atoms with Crippen LogP contribution in [0.4, 0.5) is 13.2 Å². The maximum absolute atomic E-state index is 12.7. The molecule has 0 atom stereocenters. The molecule has 0 aliphatic carbocycles.